The molecule has 9 nitrogen and oxygen atoms in total. The number of benzene rings is 2. The molecule has 3 heterocycles. The van der Waals surface area contributed by atoms with Crippen LogP contribution in [0.1, 0.15) is 45.8 Å². The zero-order valence-electron chi connectivity index (χ0n) is 23.9. The van der Waals surface area contributed by atoms with Gasteiger partial charge in [0.25, 0.3) is 0 Å². The summed E-state index contributed by atoms with van der Waals surface area (Å²) >= 11 is 0. The number of hydrogen-bond donors (Lipinski definition) is 0. The van der Waals surface area contributed by atoms with Gasteiger partial charge in [-0.1, -0.05) is 6.07 Å². The summed E-state index contributed by atoms with van der Waals surface area (Å²) in [6.45, 7) is -0.624. The Kier molecular flexibility index (Phi) is 7.88. The minimum absolute atomic E-state index is 0.0275. The van der Waals surface area contributed by atoms with Crippen molar-refractivity contribution in [1.82, 2.24) is 24.5 Å². The van der Waals surface area contributed by atoms with Gasteiger partial charge in [-0.25, -0.2) is 32.9 Å². The number of methoxy groups -OCH3 is 1. The Morgan fingerprint density at radius 2 is 1.80 bits per heavy atom. The van der Waals surface area contributed by atoms with Gasteiger partial charge in [0.1, 0.15) is 35.4 Å². The van der Waals surface area contributed by atoms with Crippen molar-refractivity contribution in [2.24, 2.45) is 5.41 Å². The zero-order valence-corrected chi connectivity index (χ0v) is 23.9. The molecule has 0 saturated heterocycles. The molecule has 0 bridgehead atoms. The zero-order chi connectivity index (χ0) is 31.7. The van der Waals surface area contributed by atoms with Crippen LogP contribution >= 0.6 is 0 Å². The Morgan fingerprint density at radius 3 is 2.47 bits per heavy atom. The van der Waals surface area contributed by atoms with Crippen LogP contribution in [0.5, 0.6) is 6.01 Å². The first-order valence-electron chi connectivity index (χ1n) is 13.9. The maximum absolute atomic E-state index is 15.5. The number of imidazole rings is 1. The number of carbonyl (C=O) groups is 1. The molecule has 1 aliphatic carbocycles. The van der Waals surface area contributed by atoms with E-state index in [0.717, 1.165) is 18.2 Å². The van der Waals surface area contributed by atoms with E-state index in [2.05, 4.69) is 19.9 Å². The van der Waals surface area contributed by atoms with E-state index in [4.69, 9.17) is 14.7 Å². The molecule has 228 valence electrons. The van der Waals surface area contributed by atoms with E-state index in [1.165, 1.54) is 37.6 Å². The van der Waals surface area contributed by atoms with Crippen molar-refractivity contribution < 1.29 is 31.8 Å². The number of fused-ring (bicyclic) bond motifs is 1. The number of nitriles is 1. The third-order valence-corrected chi connectivity index (χ3v) is 7.74. The average molecular weight is 617 g/mol. The summed E-state index contributed by atoms with van der Waals surface area (Å²) in [6.07, 6.45) is 2.36. The molecule has 5 aromatic rings. The third kappa shape index (κ3) is 6.04. The highest BCUT2D eigenvalue weighted by Gasteiger charge is 2.44. The van der Waals surface area contributed by atoms with Crippen molar-refractivity contribution in [2.75, 3.05) is 13.8 Å². The Labute approximate surface area is 254 Å². The van der Waals surface area contributed by atoms with Crippen molar-refractivity contribution in [3.8, 4) is 23.3 Å². The number of alkyl halides is 1. The molecule has 0 aliphatic heterocycles. The smallest absolute Gasteiger partial charge is 0.356 e. The number of esters is 1. The van der Waals surface area contributed by atoms with Gasteiger partial charge < -0.3 is 14.0 Å². The van der Waals surface area contributed by atoms with Crippen LogP contribution in [0.25, 0.3) is 22.4 Å². The van der Waals surface area contributed by atoms with Crippen LogP contribution < -0.4 is 4.74 Å². The number of rotatable bonds is 10. The summed E-state index contributed by atoms with van der Waals surface area (Å²) in [6, 6.07) is 12.3. The first kappa shape index (κ1) is 29.7. The number of nitrogens with zero attached hydrogens (tertiary/aromatic N) is 6. The number of aromatic nitrogens is 5. The number of pyridine rings is 1. The van der Waals surface area contributed by atoms with Gasteiger partial charge in [-0.05, 0) is 55.3 Å². The van der Waals surface area contributed by atoms with Crippen molar-refractivity contribution in [3.05, 3.63) is 100 Å². The van der Waals surface area contributed by atoms with Gasteiger partial charge in [0.15, 0.2) is 11.3 Å². The molecule has 0 atom stereocenters. The quantitative estimate of drug-likeness (QED) is 0.141. The Bertz CT molecular complexity index is 1960. The van der Waals surface area contributed by atoms with Crippen LogP contribution in [0, 0.1) is 34.2 Å². The molecule has 0 N–H and O–H groups in total. The fourth-order valence-electron chi connectivity index (χ4n) is 4.94. The SMILES string of the molecule is COC(=O)c1ccc2nc(Cc3c(F)cc(-c4ccnc(OCc5ccc(C#N)cc5F)n4)cc3F)n(CC3(CF)CC3)c2n1. The Balaban J connectivity index is 1.28. The molecular formula is C32H24F4N6O3. The average Bonchev–Trinajstić information content (AvgIpc) is 3.76. The van der Waals surface area contributed by atoms with Crippen LogP contribution in [0.4, 0.5) is 17.6 Å². The summed E-state index contributed by atoms with van der Waals surface area (Å²) in [5.41, 5.74) is 0.424. The lowest BCUT2D eigenvalue weighted by Crippen LogP contribution is -2.17. The lowest BCUT2D eigenvalue weighted by atomic mass is 10.0. The second-order valence-corrected chi connectivity index (χ2v) is 10.8. The number of ether oxygens (including phenoxy) is 2. The van der Waals surface area contributed by atoms with Crippen molar-refractivity contribution in [1.29, 1.82) is 5.26 Å². The molecule has 3 aromatic heterocycles. The van der Waals surface area contributed by atoms with E-state index in [-0.39, 0.29) is 65.0 Å². The first-order chi connectivity index (χ1) is 21.7. The lowest BCUT2D eigenvalue weighted by Gasteiger charge is -2.15. The summed E-state index contributed by atoms with van der Waals surface area (Å²) in [7, 11) is 1.22. The number of halogens is 4. The van der Waals surface area contributed by atoms with Crippen LogP contribution in [0.3, 0.4) is 0 Å². The van der Waals surface area contributed by atoms with Gasteiger partial charge in [0, 0.05) is 41.3 Å². The fourth-order valence-corrected chi connectivity index (χ4v) is 4.94. The predicted octanol–water partition coefficient (Wildman–Crippen LogP) is 5.88. The molecule has 2 aromatic carbocycles. The molecule has 0 radical (unpaired) electrons. The fraction of sp³-hybridized carbons (Fsp3) is 0.250. The van der Waals surface area contributed by atoms with Gasteiger partial charge in [-0.3, -0.25) is 4.39 Å². The van der Waals surface area contributed by atoms with Crippen LogP contribution in [0.2, 0.25) is 0 Å². The largest absolute Gasteiger partial charge is 0.464 e. The summed E-state index contributed by atoms with van der Waals surface area (Å²) in [5.74, 6) is -2.75. The second-order valence-electron chi connectivity index (χ2n) is 10.8. The minimum Gasteiger partial charge on any atom is -0.464 e. The van der Waals surface area contributed by atoms with E-state index < -0.39 is 35.5 Å². The molecule has 6 rings (SSSR count). The maximum Gasteiger partial charge on any atom is 0.356 e. The number of hydrogen-bond acceptors (Lipinski definition) is 8. The lowest BCUT2D eigenvalue weighted by molar-refractivity contribution is 0.0594. The first-order valence-corrected chi connectivity index (χ1v) is 13.9. The van der Waals surface area contributed by atoms with Gasteiger partial charge in [0.05, 0.1) is 31.1 Å². The van der Waals surface area contributed by atoms with E-state index >= 15 is 8.78 Å². The molecule has 0 unspecified atom stereocenters. The highest BCUT2D eigenvalue weighted by Crippen LogP contribution is 2.48. The highest BCUT2D eigenvalue weighted by molar-refractivity contribution is 5.89. The molecular weight excluding hydrogens is 592 g/mol. The van der Waals surface area contributed by atoms with E-state index in [9.17, 15) is 13.6 Å². The number of carbonyl (C=O) groups excluding carboxylic acids is 1. The van der Waals surface area contributed by atoms with E-state index in [0.29, 0.717) is 24.0 Å². The molecule has 1 fully saturated rings. The normalized spacial score (nSPS) is 13.4. The van der Waals surface area contributed by atoms with Crippen molar-refractivity contribution in [3.63, 3.8) is 0 Å². The predicted molar refractivity (Wildman–Crippen MR) is 152 cm³/mol. The van der Waals surface area contributed by atoms with Crippen LogP contribution in [-0.4, -0.2) is 44.3 Å². The van der Waals surface area contributed by atoms with Crippen LogP contribution in [0.15, 0.2) is 54.7 Å². The van der Waals surface area contributed by atoms with Crippen molar-refractivity contribution >= 4 is 17.1 Å². The van der Waals surface area contributed by atoms with Gasteiger partial charge in [-0.15, -0.1) is 0 Å². The topological polar surface area (TPSA) is 116 Å². The molecule has 45 heavy (non-hydrogen) atoms. The second kappa shape index (κ2) is 12.0. The third-order valence-electron chi connectivity index (χ3n) is 7.74. The van der Waals surface area contributed by atoms with Gasteiger partial charge in [-0.2, -0.15) is 10.2 Å². The van der Waals surface area contributed by atoms with Crippen molar-refractivity contribution in [2.45, 2.75) is 32.4 Å². The summed E-state index contributed by atoms with van der Waals surface area (Å²) in [4.78, 5) is 29.2. The van der Waals surface area contributed by atoms with E-state index in [1.54, 1.807) is 10.6 Å². The minimum atomic E-state index is -0.862. The monoisotopic (exact) mass is 616 g/mol. The Morgan fingerprint density at radius 1 is 1.02 bits per heavy atom. The van der Waals surface area contributed by atoms with Gasteiger partial charge >= 0.3 is 12.0 Å². The highest BCUT2D eigenvalue weighted by atomic mass is 19.1. The molecule has 0 spiro atoms. The molecule has 0 amide bonds. The molecule has 1 aliphatic rings. The summed E-state index contributed by atoms with van der Waals surface area (Å²) < 4.78 is 71.0. The summed E-state index contributed by atoms with van der Waals surface area (Å²) in [5, 5.41) is 8.90. The maximum atomic E-state index is 15.5. The molecule has 13 heteroatoms. The standard InChI is InChI=1S/C32H24F4N6O3/c1-44-30(43)27-5-4-26-29(40-27)42(17-32(16-33)7-8-32)28(39-26)13-21-23(35)11-20(12-24(21)36)25-6-9-38-31(41-25)45-15-19-3-2-18(14-37)10-22(19)34/h2-6,9-12H,7-8,13,15-17H2,1H3. The van der Waals surface area contributed by atoms with Gasteiger partial charge in [0.2, 0.25) is 0 Å². The van der Waals surface area contributed by atoms with E-state index in [1.807, 2.05) is 6.07 Å². The molecule has 1 saturated carbocycles. The Hall–Kier alpha value is -5.38. The van der Waals surface area contributed by atoms with Crippen LogP contribution in [-0.2, 0) is 24.3 Å².